The van der Waals surface area contributed by atoms with Gasteiger partial charge in [0.05, 0.1) is 0 Å². The largest absolute Gasteiger partial charge is 0.480 e. The standard InChI is InChI=1S/C12H24N2O3/c1-7(2)9(10(15)16)14-11(17)13-8(3)12(4,5)6/h7-9H,1-6H3,(H,15,16)(H2,13,14,17)/t8?,9-/m0/s1. The molecule has 0 aliphatic rings. The highest BCUT2D eigenvalue weighted by Gasteiger charge is 2.26. The number of urea groups is 1. The van der Waals surface area contributed by atoms with Gasteiger partial charge in [0, 0.05) is 6.04 Å². The van der Waals surface area contributed by atoms with Crippen molar-refractivity contribution in [1.82, 2.24) is 10.6 Å². The van der Waals surface area contributed by atoms with Gasteiger partial charge in [-0.25, -0.2) is 9.59 Å². The first-order valence-corrected chi connectivity index (χ1v) is 5.85. The number of hydrogen-bond acceptors (Lipinski definition) is 2. The molecule has 0 aromatic rings. The number of carbonyl (C=O) groups excluding carboxylic acids is 1. The molecule has 0 aliphatic heterocycles. The summed E-state index contributed by atoms with van der Waals surface area (Å²) in [6, 6.07) is -1.33. The van der Waals surface area contributed by atoms with E-state index in [1.807, 2.05) is 27.7 Å². The highest BCUT2D eigenvalue weighted by Crippen LogP contribution is 2.18. The van der Waals surface area contributed by atoms with E-state index in [0.717, 1.165) is 0 Å². The van der Waals surface area contributed by atoms with Gasteiger partial charge in [-0.2, -0.15) is 0 Å². The molecule has 0 aliphatic carbocycles. The second-order valence-electron chi connectivity index (χ2n) is 5.77. The van der Waals surface area contributed by atoms with E-state index in [-0.39, 0.29) is 17.4 Å². The van der Waals surface area contributed by atoms with Crippen molar-refractivity contribution in [1.29, 1.82) is 0 Å². The van der Waals surface area contributed by atoms with E-state index in [2.05, 4.69) is 10.6 Å². The molecule has 0 spiro atoms. The molecule has 0 radical (unpaired) electrons. The lowest BCUT2D eigenvalue weighted by Gasteiger charge is -2.29. The molecule has 2 atom stereocenters. The summed E-state index contributed by atoms with van der Waals surface area (Å²) in [6.45, 7) is 11.4. The normalized spacial score (nSPS) is 15.2. The maximum atomic E-state index is 11.6. The molecule has 0 fully saturated rings. The first-order valence-electron chi connectivity index (χ1n) is 5.85. The molecule has 0 heterocycles. The number of nitrogens with one attached hydrogen (secondary N) is 2. The first kappa shape index (κ1) is 15.7. The number of carboxylic acid groups (broad SMARTS) is 1. The van der Waals surface area contributed by atoms with Crippen molar-refractivity contribution in [2.24, 2.45) is 11.3 Å². The SMILES string of the molecule is CC(C)[C@H](NC(=O)NC(C)C(C)(C)C)C(=O)O. The fourth-order valence-corrected chi connectivity index (χ4v) is 1.11. The molecule has 3 N–H and O–H groups in total. The Morgan fingerprint density at radius 3 is 1.82 bits per heavy atom. The Labute approximate surface area is 103 Å². The Bertz CT molecular complexity index is 282. The van der Waals surface area contributed by atoms with Gasteiger partial charge < -0.3 is 15.7 Å². The summed E-state index contributed by atoms with van der Waals surface area (Å²) in [5.74, 6) is -1.17. The Morgan fingerprint density at radius 1 is 1.06 bits per heavy atom. The van der Waals surface area contributed by atoms with E-state index in [0.29, 0.717) is 0 Å². The van der Waals surface area contributed by atoms with Crippen LogP contribution in [0.15, 0.2) is 0 Å². The number of rotatable bonds is 4. The molecule has 0 saturated carbocycles. The number of carbonyl (C=O) groups is 2. The van der Waals surface area contributed by atoms with Crippen molar-refractivity contribution in [3.8, 4) is 0 Å². The minimum Gasteiger partial charge on any atom is -0.480 e. The van der Waals surface area contributed by atoms with E-state index >= 15 is 0 Å². The summed E-state index contributed by atoms with van der Waals surface area (Å²) in [5, 5.41) is 14.2. The highest BCUT2D eigenvalue weighted by molar-refractivity contribution is 5.82. The van der Waals surface area contributed by atoms with Crippen molar-refractivity contribution in [3.63, 3.8) is 0 Å². The number of carboxylic acids is 1. The van der Waals surface area contributed by atoms with Crippen molar-refractivity contribution in [3.05, 3.63) is 0 Å². The van der Waals surface area contributed by atoms with E-state index in [9.17, 15) is 9.59 Å². The highest BCUT2D eigenvalue weighted by atomic mass is 16.4. The van der Waals surface area contributed by atoms with E-state index < -0.39 is 18.0 Å². The van der Waals surface area contributed by atoms with E-state index in [1.165, 1.54) is 0 Å². The zero-order valence-corrected chi connectivity index (χ0v) is 11.5. The van der Waals surface area contributed by atoms with Gasteiger partial charge in [0.15, 0.2) is 0 Å². The van der Waals surface area contributed by atoms with Crippen LogP contribution in [0.1, 0.15) is 41.5 Å². The van der Waals surface area contributed by atoms with E-state index in [1.54, 1.807) is 13.8 Å². The molecule has 0 rings (SSSR count). The minimum atomic E-state index is -1.02. The second kappa shape index (κ2) is 5.89. The summed E-state index contributed by atoms with van der Waals surface area (Å²) in [4.78, 5) is 22.6. The third kappa shape index (κ3) is 5.56. The molecule has 1 unspecified atom stereocenters. The van der Waals surface area contributed by atoms with Gasteiger partial charge in [0.2, 0.25) is 0 Å². The third-order valence-electron chi connectivity index (χ3n) is 2.87. The van der Waals surface area contributed by atoms with Crippen LogP contribution in [-0.4, -0.2) is 29.2 Å². The Hall–Kier alpha value is -1.26. The number of aliphatic carboxylic acids is 1. The molecule has 17 heavy (non-hydrogen) atoms. The number of amides is 2. The van der Waals surface area contributed by atoms with Gasteiger partial charge in [-0.15, -0.1) is 0 Å². The average Bonchev–Trinajstić information content (AvgIpc) is 2.11. The van der Waals surface area contributed by atoms with Crippen molar-refractivity contribution in [2.75, 3.05) is 0 Å². The molecular formula is C12H24N2O3. The lowest BCUT2D eigenvalue weighted by atomic mass is 9.88. The van der Waals surface area contributed by atoms with Crippen LogP contribution in [0.25, 0.3) is 0 Å². The van der Waals surface area contributed by atoms with E-state index in [4.69, 9.17) is 5.11 Å². The predicted molar refractivity (Wildman–Crippen MR) is 66.8 cm³/mol. The fraction of sp³-hybridized carbons (Fsp3) is 0.833. The van der Waals surface area contributed by atoms with Gasteiger partial charge in [-0.05, 0) is 18.3 Å². The lowest BCUT2D eigenvalue weighted by Crippen LogP contribution is -2.52. The summed E-state index contributed by atoms with van der Waals surface area (Å²) in [6.07, 6.45) is 0. The summed E-state index contributed by atoms with van der Waals surface area (Å²) >= 11 is 0. The number of hydrogen-bond donors (Lipinski definition) is 3. The van der Waals surface area contributed by atoms with Gasteiger partial charge in [0.25, 0.3) is 0 Å². The molecule has 2 amide bonds. The zero-order chi connectivity index (χ0) is 13.8. The second-order valence-corrected chi connectivity index (χ2v) is 5.77. The molecule has 5 nitrogen and oxygen atoms in total. The predicted octanol–water partition coefficient (Wildman–Crippen LogP) is 1.83. The van der Waals surface area contributed by atoms with Crippen molar-refractivity contribution < 1.29 is 14.7 Å². The van der Waals surface area contributed by atoms with Gasteiger partial charge in [-0.3, -0.25) is 0 Å². The molecular weight excluding hydrogens is 220 g/mol. The van der Waals surface area contributed by atoms with Crippen LogP contribution in [0, 0.1) is 11.3 Å². The van der Waals surface area contributed by atoms with Crippen LogP contribution < -0.4 is 10.6 Å². The van der Waals surface area contributed by atoms with Crippen LogP contribution in [-0.2, 0) is 4.79 Å². The van der Waals surface area contributed by atoms with Crippen LogP contribution in [0.2, 0.25) is 0 Å². The maximum Gasteiger partial charge on any atom is 0.326 e. The summed E-state index contributed by atoms with van der Waals surface area (Å²) < 4.78 is 0. The third-order valence-corrected chi connectivity index (χ3v) is 2.87. The molecule has 100 valence electrons. The lowest BCUT2D eigenvalue weighted by molar-refractivity contribution is -0.140. The Morgan fingerprint density at radius 2 is 1.53 bits per heavy atom. The van der Waals surface area contributed by atoms with Crippen LogP contribution in [0.5, 0.6) is 0 Å². The summed E-state index contributed by atoms with van der Waals surface area (Å²) in [7, 11) is 0. The first-order chi connectivity index (χ1) is 7.55. The van der Waals surface area contributed by atoms with Crippen molar-refractivity contribution in [2.45, 2.75) is 53.6 Å². The Kier molecular flexibility index (Phi) is 5.45. The monoisotopic (exact) mass is 244 g/mol. The smallest absolute Gasteiger partial charge is 0.326 e. The van der Waals surface area contributed by atoms with Gasteiger partial charge in [-0.1, -0.05) is 34.6 Å². The molecule has 0 bridgehead atoms. The molecule has 5 heteroatoms. The minimum absolute atomic E-state index is 0.0379. The van der Waals surface area contributed by atoms with Crippen LogP contribution in [0.3, 0.4) is 0 Å². The molecule has 0 saturated heterocycles. The maximum absolute atomic E-state index is 11.6. The topological polar surface area (TPSA) is 78.4 Å². The zero-order valence-electron chi connectivity index (χ0n) is 11.5. The van der Waals surface area contributed by atoms with Crippen LogP contribution in [0.4, 0.5) is 4.79 Å². The van der Waals surface area contributed by atoms with Gasteiger partial charge >= 0.3 is 12.0 Å². The fourth-order valence-electron chi connectivity index (χ4n) is 1.11. The quantitative estimate of drug-likeness (QED) is 0.706. The summed E-state index contributed by atoms with van der Waals surface area (Å²) in [5.41, 5.74) is -0.0616. The molecule has 0 aromatic heterocycles. The van der Waals surface area contributed by atoms with Gasteiger partial charge in [0.1, 0.15) is 6.04 Å². The van der Waals surface area contributed by atoms with Crippen molar-refractivity contribution >= 4 is 12.0 Å². The molecule has 0 aromatic carbocycles. The Balaban J connectivity index is 4.40. The van der Waals surface area contributed by atoms with Crippen LogP contribution >= 0.6 is 0 Å². The average molecular weight is 244 g/mol.